The molecule has 0 aliphatic rings. The molecule has 0 fully saturated rings. The summed E-state index contributed by atoms with van der Waals surface area (Å²) in [6.45, 7) is -0.0662. The zero-order chi connectivity index (χ0) is 17.7. The van der Waals surface area contributed by atoms with E-state index in [9.17, 15) is 22.8 Å². The van der Waals surface area contributed by atoms with Crippen LogP contribution in [0.3, 0.4) is 0 Å². The Morgan fingerprint density at radius 1 is 1.25 bits per heavy atom. The number of amides is 1. The Bertz CT molecular complexity index is 731. The molecule has 128 valence electrons. The van der Waals surface area contributed by atoms with Crippen molar-refractivity contribution in [1.82, 2.24) is 4.98 Å². The molecular weight excluding hydrogens is 349 g/mol. The number of anilines is 1. The number of hydrogen-bond acceptors (Lipinski definition) is 5. The summed E-state index contributed by atoms with van der Waals surface area (Å²) in [5, 5.41) is 10.3. The van der Waals surface area contributed by atoms with Gasteiger partial charge in [0.15, 0.2) is 5.69 Å². The largest absolute Gasteiger partial charge is 0.476 e. The smallest absolute Gasteiger partial charge is 0.412 e. The van der Waals surface area contributed by atoms with E-state index in [2.05, 4.69) is 10.3 Å². The van der Waals surface area contributed by atoms with E-state index in [1.54, 1.807) is 30.3 Å². The molecule has 1 aromatic carbocycles. The van der Waals surface area contributed by atoms with Gasteiger partial charge in [-0.1, -0.05) is 41.7 Å². The van der Waals surface area contributed by atoms with Crippen molar-refractivity contribution >= 4 is 28.4 Å². The molecule has 0 radical (unpaired) electrons. The molecule has 1 amide bonds. The maximum Gasteiger partial charge on any atom is 0.412 e. The van der Waals surface area contributed by atoms with E-state index < -0.39 is 35.4 Å². The van der Waals surface area contributed by atoms with E-state index >= 15 is 0 Å². The normalized spacial score (nSPS) is 11.1. The van der Waals surface area contributed by atoms with Crippen molar-refractivity contribution in [3.8, 4) is 0 Å². The number of hydrogen-bond donors (Lipinski definition) is 2. The lowest BCUT2D eigenvalue weighted by Gasteiger charge is -2.05. The van der Waals surface area contributed by atoms with Crippen molar-refractivity contribution in [2.75, 3.05) is 5.32 Å². The number of thiazole rings is 1. The van der Waals surface area contributed by atoms with Gasteiger partial charge < -0.3 is 9.84 Å². The third kappa shape index (κ3) is 5.23. The molecule has 0 saturated heterocycles. The molecule has 0 aliphatic carbocycles. The fourth-order valence-electron chi connectivity index (χ4n) is 1.69. The average molecular weight is 360 g/mol. The number of nitrogens with zero attached hydrogens (tertiary/aromatic N) is 1. The summed E-state index contributed by atoms with van der Waals surface area (Å²) in [5.74, 6) is -1.54. The molecule has 0 aliphatic heterocycles. The van der Waals surface area contributed by atoms with Gasteiger partial charge in [-0.25, -0.2) is 14.6 Å². The molecule has 0 saturated carbocycles. The summed E-state index contributed by atoms with van der Waals surface area (Å²) < 4.78 is 42.0. The summed E-state index contributed by atoms with van der Waals surface area (Å²) in [6, 6.07) is 8.69. The number of rotatable bonds is 5. The number of carbonyl (C=O) groups excluding carboxylic acids is 1. The number of aromatic nitrogens is 1. The highest BCUT2D eigenvalue weighted by atomic mass is 32.1. The van der Waals surface area contributed by atoms with E-state index in [4.69, 9.17) is 9.84 Å². The van der Waals surface area contributed by atoms with Crippen molar-refractivity contribution < 1.29 is 32.6 Å². The zero-order valence-corrected chi connectivity index (χ0v) is 12.8. The SMILES string of the molecule is O=C(Nc1sc(CC(F)(F)F)nc1C(=O)O)OCc1ccccc1. The third-order valence-corrected chi connectivity index (χ3v) is 3.62. The van der Waals surface area contributed by atoms with Gasteiger partial charge in [-0.2, -0.15) is 13.2 Å². The standard InChI is InChI=1S/C14H11F3N2O4S/c15-14(16,17)6-9-18-10(12(20)21)11(24-9)19-13(22)23-7-8-4-2-1-3-5-8/h1-5H,6-7H2,(H,19,22)(H,20,21). The van der Waals surface area contributed by atoms with Crippen molar-refractivity contribution in [3.05, 3.63) is 46.6 Å². The number of ether oxygens (including phenoxy) is 1. The first-order valence-corrected chi connectivity index (χ1v) is 7.33. The van der Waals surface area contributed by atoms with Crippen LogP contribution in [0.5, 0.6) is 0 Å². The van der Waals surface area contributed by atoms with E-state index in [0.717, 1.165) is 0 Å². The Balaban J connectivity index is 2.04. The summed E-state index contributed by atoms with van der Waals surface area (Å²) in [4.78, 5) is 26.1. The molecule has 1 aromatic heterocycles. The monoisotopic (exact) mass is 360 g/mol. The van der Waals surface area contributed by atoms with Gasteiger partial charge in [-0.3, -0.25) is 5.32 Å². The van der Waals surface area contributed by atoms with Crippen LogP contribution < -0.4 is 5.32 Å². The van der Waals surface area contributed by atoms with Gasteiger partial charge in [0.05, 0.1) is 6.42 Å². The predicted molar refractivity (Wildman–Crippen MR) is 79.1 cm³/mol. The second-order valence-corrected chi connectivity index (χ2v) is 5.65. The van der Waals surface area contributed by atoms with Gasteiger partial charge >= 0.3 is 18.2 Å². The molecule has 2 rings (SSSR count). The molecule has 2 aromatic rings. The number of nitrogens with one attached hydrogen (secondary N) is 1. The predicted octanol–water partition coefficient (Wildman–Crippen LogP) is 3.69. The molecule has 0 bridgehead atoms. The number of carboxylic acids is 1. The van der Waals surface area contributed by atoms with E-state index in [1.165, 1.54) is 0 Å². The van der Waals surface area contributed by atoms with Crippen LogP contribution in [0.2, 0.25) is 0 Å². The zero-order valence-electron chi connectivity index (χ0n) is 12.0. The van der Waals surface area contributed by atoms with Crippen LogP contribution in [0, 0.1) is 0 Å². The van der Waals surface area contributed by atoms with Crippen LogP contribution in [0.4, 0.5) is 23.0 Å². The van der Waals surface area contributed by atoms with Crippen molar-refractivity contribution in [2.45, 2.75) is 19.2 Å². The van der Waals surface area contributed by atoms with E-state index in [-0.39, 0.29) is 11.6 Å². The van der Waals surface area contributed by atoms with Gasteiger partial charge in [-0.15, -0.1) is 0 Å². The second kappa shape index (κ2) is 7.30. The van der Waals surface area contributed by atoms with Crippen LogP contribution in [0.1, 0.15) is 21.1 Å². The number of carbonyl (C=O) groups is 2. The first kappa shape index (κ1) is 17.7. The first-order chi connectivity index (χ1) is 11.2. The highest BCUT2D eigenvalue weighted by Crippen LogP contribution is 2.30. The molecule has 0 spiro atoms. The summed E-state index contributed by atoms with van der Waals surface area (Å²) in [6.07, 6.45) is -6.89. The number of aromatic carboxylic acids is 1. The summed E-state index contributed by atoms with van der Waals surface area (Å²) in [7, 11) is 0. The number of benzene rings is 1. The van der Waals surface area contributed by atoms with Crippen molar-refractivity contribution in [3.63, 3.8) is 0 Å². The van der Waals surface area contributed by atoms with Gasteiger partial charge in [0.25, 0.3) is 0 Å². The topological polar surface area (TPSA) is 88.5 Å². The summed E-state index contributed by atoms with van der Waals surface area (Å²) >= 11 is 0.441. The minimum Gasteiger partial charge on any atom is -0.476 e. The first-order valence-electron chi connectivity index (χ1n) is 6.52. The Morgan fingerprint density at radius 2 is 1.92 bits per heavy atom. The van der Waals surface area contributed by atoms with Crippen LogP contribution in [0.15, 0.2) is 30.3 Å². The van der Waals surface area contributed by atoms with Crippen LogP contribution >= 0.6 is 11.3 Å². The van der Waals surface area contributed by atoms with Crippen LogP contribution in [-0.2, 0) is 17.8 Å². The Kier molecular flexibility index (Phi) is 5.39. The number of alkyl halides is 3. The van der Waals surface area contributed by atoms with E-state index in [1.807, 2.05) is 0 Å². The fourth-order valence-corrected chi connectivity index (χ4v) is 2.67. The lowest BCUT2D eigenvalue weighted by molar-refractivity contribution is -0.127. The molecule has 2 N–H and O–H groups in total. The third-order valence-electron chi connectivity index (χ3n) is 2.65. The molecule has 0 atom stereocenters. The lowest BCUT2D eigenvalue weighted by atomic mass is 10.2. The average Bonchev–Trinajstić information content (AvgIpc) is 2.86. The van der Waals surface area contributed by atoms with Gasteiger partial charge in [0, 0.05) is 0 Å². The molecule has 0 unspecified atom stereocenters. The Morgan fingerprint density at radius 3 is 2.50 bits per heavy atom. The molecule has 24 heavy (non-hydrogen) atoms. The second-order valence-electron chi connectivity index (χ2n) is 4.57. The van der Waals surface area contributed by atoms with Gasteiger partial charge in [-0.05, 0) is 5.56 Å². The van der Waals surface area contributed by atoms with Crippen molar-refractivity contribution in [2.24, 2.45) is 0 Å². The Labute approximate surface area is 137 Å². The maximum atomic E-state index is 12.4. The Hall–Kier alpha value is -2.62. The number of carboxylic acid groups (broad SMARTS) is 1. The lowest BCUT2D eigenvalue weighted by Crippen LogP contribution is -2.15. The highest BCUT2D eigenvalue weighted by Gasteiger charge is 2.31. The minimum absolute atomic E-state index is 0.0662. The van der Waals surface area contributed by atoms with Crippen molar-refractivity contribution in [1.29, 1.82) is 0 Å². The quantitative estimate of drug-likeness (QED) is 0.849. The van der Waals surface area contributed by atoms with Crippen LogP contribution in [-0.4, -0.2) is 28.3 Å². The summed E-state index contributed by atoms with van der Waals surface area (Å²) in [5.41, 5.74) is 0.0454. The molecular formula is C14H11F3N2O4S. The number of halogens is 3. The molecule has 10 heteroatoms. The fraction of sp³-hybridized carbons (Fsp3) is 0.214. The van der Waals surface area contributed by atoms with Gasteiger partial charge in [0.2, 0.25) is 0 Å². The van der Waals surface area contributed by atoms with Crippen LogP contribution in [0.25, 0.3) is 0 Å². The van der Waals surface area contributed by atoms with E-state index in [0.29, 0.717) is 16.9 Å². The van der Waals surface area contributed by atoms with Gasteiger partial charge in [0.1, 0.15) is 16.6 Å². The highest BCUT2D eigenvalue weighted by molar-refractivity contribution is 7.16. The molecule has 6 nitrogen and oxygen atoms in total. The maximum absolute atomic E-state index is 12.4. The minimum atomic E-state index is -4.53. The molecule has 1 heterocycles.